The first-order chi connectivity index (χ1) is 10.1. The third-order valence-corrected chi connectivity index (χ3v) is 4.53. The maximum absolute atomic E-state index is 9.92. The van der Waals surface area contributed by atoms with Crippen molar-refractivity contribution in [1.29, 1.82) is 0 Å². The van der Waals surface area contributed by atoms with Crippen LogP contribution in [0.3, 0.4) is 0 Å². The van der Waals surface area contributed by atoms with E-state index in [1.165, 1.54) is 31.7 Å². The van der Waals surface area contributed by atoms with Gasteiger partial charge in [-0.3, -0.25) is 0 Å². The van der Waals surface area contributed by atoms with Crippen LogP contribution in [0.2, 0.25) is 0 Å². The molecule has 1 aromatic carbocycles. The molecule has 2 rings (SSSR count). The number of halogens is 1. The van der Waals surface area contributed by atoms with Crippen molar-refractivity contribution >= 4 is 15.9 Å². The van der Waals surface area contributed by atoms with Crippen molar-refractivity contribution in [2.45, 2.75) is 19.8 Å². The average Bonchev–Trinajstić information content (AvgIpc) is 2.46. The van der Waals surface area contributed by atoms with E-state index < -0.39 is 0 Å². The summed E-state index contributed by atoms with van der Waals surface area (Å²) >= 11 is 3.40. The van der Waals surface area contributed by atoms with Gasteiger partial charge in [-0.2, -0.15) is 0 Å². The number of hydrogen-bond donors (Lipinski definition) is 1. The van der Waals surface area contributed by atoms with Crippen molar-refractivity contribution in [3.63, 3.8) is 0 Å². The van der Waals surface area contributed by atoms with Crippen LogP contribution < -0.4 is 4.74 Å². The quantitative estimate of drug-likeness (QED) is 0.849. The van der Waals surface area contributed by atoms with Gasteiger partial charge < -0.3 is 19.6 Å². The lowest BCUT2D eigenvalue weighted by Gasteiger charge is -2.32. The van der Waals surface area contributed by atoms with Gasteiger partial charge in [-0.05, 0) is 67.0 Å². The van der Waals surface area contributed by atoms with Crippen molar-refractivity contribution in [2.24, 2.45) is 0 Å². The normalized spacial score (nSPS) is 17.1. The van der Waals surface area contributed by atoms with Gasteiger partial charge >= 0.3 is 0 Å². The van der Waals surface area contributed by atoms with Crippen LogP contribution in [0.25, 0.3) is 0 Å². The average molecular weight is 357 g/mol. The van der Waals surface area contributed by atoms with Crippen LogP contribution in [0.15, 0.2) is 16.6 Å². The summed E-state index contributed by atoms with van der Waals surface area (Å²) in [4.78, 5) is 4.90. The van der Waals surface area contributed by atoms with E-state index in [0.29, 0.717) is 16.8 Å². The molecular weight excluding hydrogens is 332 g/mol. The number of likely N-dealkylation sites (N-methyl/N-ethyl adjacent to an activating group) is 1. The van der Waals surface area contributed by atoms with Crippen molar-refractivity contribution in [2.75, 3.05) is 46.4 Å². The molecule has 0 unspecified atom stereocenters. The Bertz CT molecular complexity index is 460. The molecule has 5 heteroatoms. The van der Waals surface area contributed by atoms with Gasteiger partial charge in [0, 0.05) is 26.2 Å². The Morgan fingerprint density at radius 3 is 2.62 bits per heavy atom. The van der Waals surface area contributed by atoms with E-state index in [2.05, 4.69) is 32.8 Å². The molecule has 1 fully saturated rings. The fourth-order valence-electron chi connectivity index (χ4n) is 2.62. The van der Waals surface area contributed by atoms with E-state index in [1.54, 1.807) is 0 Å². The fourth-order valence-corrected chi connectivity index (χ4v) is 3.10. The van der Waals surface area contributed by atoms with E-state index in [9.17, 15) is 5.11 Å². The van der Waals surface area contributed by atoms with Crippen molar-refractivity contribution in [1.82, 2.24) is 9.80 Å². The standard InChI is InChI=1S/C16H25BrN2O2/c1-3-21-15-12-13(11-14(17)16(15)20)5-4-6-19-9-7-18(2)8-10-19/h11-12,20H,3-10H2,1-2H3. The summed E-state index contributed by atoms with van der Waals surface area (Å²) in [6.07, 6.45) is 2.14. The molecule has 1 aliphatic heterocycles. The number of phenols is 1. The number of benzene rings is 1. The molecule has 0 aromatic heterocycles. The number of piperazine rings is 1. The van der Waals surface area contributed by atoms with E-state index in [-0.39, 0.29) is 5.75 Å². The van der Waals surface area contributed by atoms with E-state index in [1.807, 2.05) is 19.1 Å². The predicted octanol–water partition coefficient (Wildman–Crippen LogP) is 2.73. The number of hydrogen-bond acceptors (Lipinski definition) is 4. The van der Waals surface area contributed by atoms with Crippen LogP contribution in [0.4, 0.5) is 0 Å². The number of rotatable bonds is 6. The lowest BCUT2D eigenvalue weighted by molar-refractivity contribution is 0.153. The summed E-state index contributed by atoms with van der Waals surface area (Å²) in [5.41, 5.74) is 1.21. The number of ether oxygens (including phenoxy) is 1. The topological polar surface area (TPSA) is 35.9 Å². The molecule has 0 spiro atoms. The zero-order valence-electron chi connectivity index (χ0n) is 12.9. The highest BCUT2D eigenvalue weighted by atomic mass is 79.9. The highest BCUT2D eigenvalue weighted by molar-refractivity contribution is 9.10. The zero-order valence-corrected chi connectivity index (χ0v) is 14.5. The first-order valence-corrected chi connectivity index (χ1v) is 8.44. The molecule has 0 bridgehead atoms. The predicted molar refractivity (Wildman–Crippen MR) is 89.2 cm³/mol. The molecule has 0 atom stereocenters. The van der Waals surface area contributed by atoms with Crippen LogP contribution >= 0.6 is 15.9 Å². The monoisotopic (exact) mass is 356 g/mol. The van der Waals surface area contributed by atoms with Crippen LogP contribution in [-0.2, 0) is 6.42 Å². The fraction of sp³-hybridized carbons (Fsp3) is 0.625. The molecule has 1 N–H and O–H groups in total. The molecule has 0 aliphatic carbocycles. The van der Waals surface area contributed by atoms with Gasteiger partial charge in [0.1, 0.15) is 0 Å². The lowest BCUT2D eigenvalue weighted by atomic mass is 10.1. The van der Waals surface area contributed by atoms with Gasteiger partial charge in [-0.15, -0.1) is 0 Å². The van der Waals surface area contributed by atoms with Crippen molar-refractivity contribution < 1.29 is 9.84 Å². The molecule has 4 nitrogen and oxygen atoms in total. The number of aryl methyl sites for hydroxylation is 1. The van der Waals surface area contributed by atoms with Crippen LogP contribution in [0, 0.1) is 0 Å². The maximum atomic E-state index is 9.92. The first kappa shape index (κ1) is 16.6. The molecule has 0 radical (unpaired) electrons. The molecule has 0 saturated carbocycles. The van der Waals surface area contributed by atoms with Crippen LogP contribution in [0.5, 0.6) is 11.5 Å². The second-order valence-corrected chi connectivity index (χ2v) is 6.46. The molecular formula is C16H25BrN2O2. The van der Waals surface area contributed by atoms with E-state index in [4.69, 9.17) is 4.74 Å². The maximum Gasteiger partial charge on any atom is 0.172 e. The minimum Gasteiger partial charge on any atom is -0.503 e. The van der Waals surface area contributed by atoms with Crippen molar-refractivity contribution in [3.8, 4) is 11.5 Å². The Labute approximate surface area is 135 Å². The van der Waals surface area contributed by atoms with Crippen molar-refractivity contribution in [3.05, 3.63) is 22.2 Å². The minimum atomic E-state index is 0.194. The summed E-state index contributed by atoms with van der Waals surface area (Å²) in [6, 6.07) is 3.94. The molecule has 0 amide bonds. The highest BCUT2D eigenvalue weighted by Gasteiger charge is 2.13. The van der Waals surface area contributed by atoms with Crippen LogP contribution in [-0.4, -0.2) is 61.3 Å². The smallest absolute Gasteiger partial charge is 0.172 e. The largest absolute Gasteiger partial charge is 0.503 e. The van der Waals surface area contributed by atoms with E-state index in [0.717, 1.165) is 19.4 Å². The van der Waals surface area contributed by atoms with Crippen LogP contribution in [0.1, 0.15) is 18.9 Å². The number of nitrogens with zero attached hydrogens (tertiary/aromatic N) is 2. The third-order valence-electron chi connectivity index (χ3n) is 3.92. The summed E-state index contributed by atoms with van der Waals surface area (Å²) in [5.74, 6) is 0.765. The third kappa shape index (κ3) is 4.87. The van der Waals surface area contributed by atoms with Gasteiger partial charge in [0.15, 0.2) is 11.5 Å². The number of aromatic hydroxyl groups is 1. The summed E-state index contributed by atoms with van der Waals surface area (Å²) in [7, 11) is 2.18. The Kier molecular flexibility index (Phi) is 6.33. The molecule has 118 valence electrons. The molecule has 1 heterocycles. The SMILES string of the molecule is CCOc1cc(CCCN2CCN(C)CC2)cc(Br)c1O. The summed E-state index contributed by atoms with van der Waals surface area (Å²) in [5, 5.41) is 9.92. The zero-order chi connectivity index (χ0) is 15.2. The van der Waals surface area contributed by atoms with E-state index >= 15 is 0 Å². The summed E-state index contributed by atoms with van der Waals surface area (Å²) in [6.45, 7) is 8.28. The van der Waals surface area contributed by atoms with Gasteiger partial charge in [-0.25, -0.2) is 0 Å². The number of phenolic OH excluding ortho intramolecular Hbond substituents is 1. The second kappa shape index (κ2) is 8.01. The van der Waals surface area contributed by atoms with Gasteiger partial charge in [0.2, 0.25) is 0 Å². The Morgan fingerprint density at radius 1 is 1.24 bits per heavy atom. The molecule has 1 saturated heterocycles. The Morgan fingerprint density at radius 2 is 1.95 bits per heavy atom. The first-order valence-electron chi connectivity index (χ1n) is 7.65. The Hall–Kier alpha value is -0.780. The molecule has 1 aromatic rings. The van der Waals surface area contributed by atoms with Gasteiger partial charge in [-0.1, -0.05) is 0 Å². The summed E-state index contributed by atoms with van der Waals surface area (Å²) < 4.78 is 6.18. The highest BCUT2D eigenvalue weighted by Crippen LogP contribution is 2.35. The second-order valence-electron chi connectivity index (χ2n) is 5.61. The van der Waals surface area contributed by atoms with Gasteiger partial charge in [0.05, 0.1) is 11.1 Å². The van der Waals surface area contributed by atoms with Gasteiger partial charge in [0.25, 0.3) is 0 Å². The lowest BCUT2D eigenvalue weighted by Crippen LogP contribution is -2.44. The molecule has 1 aliphatic rings. The molecule has 21 heavy (non-hydrogen) atoms. The Balaban J connectivity index is 1.85. The minimum absolute atomic E-state index is 0.194.